The maximum Gasteiger partial charge on any atom is 0.137 e. The van der Waals surface area contributed by atoms with E-state index in [1.807, 2.05) is 0 Å². The van der Waals surface area contributed by atoms with Crippen LogP contribution in [0.1, 0.15) is 24.8 Å². The molecule has 1 rings (SSSR count). The number of nitriles is 1. The summed E-state index contributed by atoms with van der Waals surface area (Å²) >= 11 is 0. The first-order valence-electron chi connectivity index (χ1n) is 7.27. The lowest BCUT2D eigenvalue weighted by atomic mass is 10.2. The number of aliphatic hydroxyl groups excluding tert-OH is 1. The molecule has 0 radical (unpaired) electrons. The number of hydrogen-bond acceptors (Lipinski definition) is 5. The molecule has 1 aromatic rings. The summed E-state index contributed by atoms with van der Waals surface area (Å²) in [6.07, 6.45) is 2.65. The number of benzene rings is 1. The zero-order valence-corrected chi connectivity index (χ0v) is 12.5. The maximum absolute atomic E-state index is 9.82. The van der Waals surface area contributed by atoms with Crippen molar-refractivity contribution in [3.8, 4) is 11.8 Å². The van der Waals surface area contributed by atoms with Crippen molar-refractivity contribution < 1.29 is 14.6 Å². The molecule has 0 aliphatic carbocycles. The first-order valence-corrected chi connectivity index (χ1v) is 7.27. The fraction of sp³-hybridized carbons (Fsp3) is 0.562. The number of unbranched alkanes of at least 4 members (excludes halogenated alkanes) is 2. The molecule has 0 aromatic heterocycles. The van der Waals surface area contributed by atoms with E-state index in [0.29, 0.717) is 17.9 Å². The van der Waals surface area contributed by atoms with E-state index in [1.54, 1.807) is 31.4 Å². The molecule has 5 heteroatoms. The van der Waals surface area contributed by atoms with Crippen molar-refractivity contribution in [1.82, 2.24) is 5.32 Å². The Morgan fingerprint density at radius 3 is 2.86 bits per heavy atom. The molecule has 1 aromatic carbocycles. The second-order valence-electron chi connectivity index (χ2n) is 4.83. The minimum atomic E-state index is -0.587. The first kappa shape index (κ1) is 17.4. The number of aliphatic hydroxyl groups is 1. The summed E-state index contributed by atoms with van der Waals surface area (Å²) in [5, 5.41) is 21.9. The lowest BCUT2D eigenvalue weighted by molar-refractivity contribution is 0.106. The van der Waals surface area contributed by atoms with Crippen LogP contribution in [0, 0.1) is 11.3 Å². The molecule has 0 aliphatic rings. The average molecular weight is 292 g/mol. The number of ether oxygens (including phenoxy) is 2. The van der Waals surface area contributed by atoms with E-state index in [9.17, 15) is 5.11 Å². The molecular weight excluding hydrogens is 268 g/mol. The lowest BCUT2D eigenvalue weighted by Gasteiger charge is -2.14. The molecular formula is C16H24N2O3. The van der Waals surface area contributed by atoms with E-state index in [2.05, 4.69) is 11.4 Å². The molecule has 21 heavy (non-hydrogen) atoms. The van der Waals surface area contributed by atoms with Crippen molar-refractivity contribution in [3.63, 3.8) is 0 Å². The molecule has 1 unspecified atom stereocenters. The quantitative estimate of drug-likeness (QED) is 0.607. The van der Waals surface area contributed by atoms with Crippen LogP contribution < -0.4 is 10.1 Å². The van der Waals surface area contributed by atoms with Gasteiger partial charge in [-0.05, 0) is 37.9 Å². The van der Waals surface area contributed by atoms with Crippen molar-refractivity contribution >= 4 is 0 Å². The Morgan fingerprint density at radius 2 is 2.10 bits per heavy atom. The van der Waals surface area contributed by atoms with Crippen molar-refractivity contribution in [1.29, 1.82) is 5.26 Å². The largest absolute Gasteiger partial charge is 0.489 e. The minimum Gasteiger partial charge on any atom is -0.489 e. The van der Waals surface area contributed by atoms with Gasteiger partial charge >= 0.3 is 0 Å². The average Bonchev–Trinajstić information content (AvgIpc) is 2.52. The number of nitrogens with one attached hydrogen (secondary N) is 1. The van der Waals surface area contributed by atoms with E-state index < -0.39 is 6.10 Å². The second kappa shape index (κ2) is 11.1. The Balaban J connectivity index is 2.11. The molecule has 2 N–H and O–H groups in total. The van der Waals surface area contributed by atoms with E-state index >= 15 is 0 Å². The van der Waals surface area contributed by atoms with Crippen LogP contribution >= 0.6 is 0 Å². The highest BCUT2D eigenvalue weighted by atomic mass is 16.5. The summed E-state index contributed by atoms with van der Waals surface area (Å²) in [5.74, 6) is 0.513. The van der Waals surface area contributed by atoms with Crippen molar-refractivity contribution in [2.24, 2.45) is 0 Å². The highest BCUT2D eigenvalue weighted by molar-refractivity contribution is 5.42. The SMILES string of the molecule is COCCCCCNCC(O)COc1ccccc1C#N. The first-order chi connectivity index (χ1) is 10.3. The van der Waals surface area contributed by atoms with Gasteiger partial charge in [-0.15, -0.1) is 0 Å². The van der Waals surface area contributed by atoms with Crippen LogP contribution in [-0.4, -0.2) is 44.6 Å². The maximum atomic E-state index is 9.82. The highest BCUT2D eigenvalue weighted by Crippen LogP contribution is 2.16. The number of para-hydroxylation sites is 1. The second-order valence-corrected chi connectivity index (χ2v) is 4.83. The van der Waals surface area contributed by atoms with Crippen LogP contribution in [0.25, 0.3) is 0 Å². The lowest BCUT2D eigenvalue weighted by Crippen LogP contribution is -2.32. The van der Waals surface area contributed by atoms with Gasteiger partial charge in [0.1, 0.15) is 24.5 Å². The van der Waals surface area contributed by atoms with Gasteiger partial charge in [0, 0.05) is 20.3 Å². The molecule has 0 saturated carbocycles. The van der Waals surface area contributed by atoms with E-state index in [-0.39, 0.29) is 6.61 Å². The van der Waals surface area contributed by atoms with Crippen LogP contribution in [0.2, 0.25) is 0 Å². The molecule has 1 atom stereocenters. The summed E-state index contributed by atoms with van der Waals surface area (Å²) in [6, 6.07) is 9.08. The number of methoxy groups -OCH3 is 1. The molecule has 0 fully saturated rings. The third-order valence-electron chi connectivity index (χ3n) is 3.02. The van der Waals surface area contributed by atoms with Gasteiger partial charge in [-0.1, -0.05) is 12.1 Å². The van der Waals surface area contributed by atoms with Gasteiger partial charge in [0.2, 0.25) is 0 Å². The Kier molecular flexibility index (Phi) is 9.21. The molecule has 0 bridgehead atoms. The predicted octanol–water partition coefficient (Wildman–Crippen LogP) is 1.70. The minimum absolute atomic E-state index is 0.176. The Morgan fingerprint density at radius 1 is 1.29 bits per heavy atom. The Hall–Kier alpha value is -1.61. The molecule has 0 spiro atoms. The van der Waals surface area contributed by atoms with Gasteiger partial charge in [-0.3, -0.25) is 0 Å². The van der Waals surface area contributed by atoms with Gasteiger partial charge in [0.05, 0.1) is 5.56 Å². The smallest absolute Gasteiger partial charge is 0.137 e. The fourth-order valence-corrected chi connectivity index (χ4v) is 1.87. The fourth-order valence-electron chi connectivity index (χ4n) is 1.87. The number of nitrogens with zero attached hydrogens (tertiary/aromatic N) is 1. The summed E-state index contributed by atoms with van der Waals surface area (Å²) in [5.41, 5.74) is 0.482. The van der Waals surface area contributed by atoms with Gasteiger partial charge in [0.15, 0.2) is 0 Å². The zero-order valence-electron chi connectivity index (χ0n) is 12.5. The predicted molar refractivity (Wildman–Crippen MR) is 81.3 cm³/mol. The molecule has 0 saturated heterocycles. The van der Waals surface area contributed by atoms with Crippen LogP contribution in [0.5, 0.6) is 5.75 Å². The van der Waals surface area contributed by atoms with Crippen LogP contribution in [0.4, 0.5) is 0 Å². The van der Waals surface area contributed by atoms with Crippen molar-refractivity contribution in [2.45, 2.75) is 25.4 Å². The normalized spacial score (nSPS) is 11.9. The zero-order chi connectivity index (χ0) is 15.3. The van der Waals surface area contributed by atoms with E-state index in [0.717, 1.165) is 32.4 Å². The summed E-state index contributed by atoms with van der Waals surface area (Å²) < 4.78 is 10.5. The molecule has 0 amide bonds. The van der Waals surface area contributed by atoms with E-state index in [1.165, 1.54) is 0 Å². The van der Waals surface area contributed by atoms with Crippen LogP contribution in [0.3, 0.4) is 0 Å². The van der Waals surface area contributed by atoms with Crippen molar-refractivity contribution in [3.05, 3.63) is 29.8 Å². The third kappa shape index (κ3) is 7.66. The van der Waals surface area contributed by atoms with Gasteiger partial charge in [0.25, 0.3) is 0 Å². The standard InChI is InChI=1S/C16H24N2O3/c1-20-10-6-2-5-9-18-12-15(19)13-21-16-8-4-3-7-14(16)11-17/h3-4,7-8,15,18-19H,2,5-6,9-10,12-13H2,1H3. The van der Waals surface area contributed by atoms with Gasteiger partial charge < -0.3 is 19.9 Å². The van der Waals surface area contributed by atoms with Gasteiger partial charge in [-0.2, -0.15) is 5.26 Å². The van der Waals surface area contributed by atoms with E-state index in [4.69, 9.17) is 14.7 Å². The van der Waals surface area contributed by atoms with Crippen LogP contribution in [0.15, 0.2) is 24.3 Å². The summed E-state index contributed by atoms with van der Waals surface area (Å²) in [6.45, 7) is 2.33. The van der Waals surface area contributed by atoms with Crippen molar-refractivity contribution in [2.75, 3.05) is 33.4 Å². The van der Waals surface area contributed by atoms with Crippen LogP contribution in [-0.2, 0) is 4.74 Å². The number of rotatable bonds is 11. The van der Waals surface area contributed by atoms with Gasteiger partial charge in [-0.25, -0.2) is 0 Å². The molecule has 0 aliphatic heterocycles. The topological polar surface area (TPSA) is 74.5 Å². The Bertz CT molecular complexity index is 432. The molecule has 116 valence electrons. The number of hydrogen-bond donors (Lipinski definition) is 2. The monoisotopic (exact) mass is 292 g/mol. The Labute approximate surface area is 126 Å². The molecule has 5 nitrogen and oxygen atoms in total. The molecule has 0 heterocycles. The highest BCUT2D eigenvalue weighted by Gasteiger charge is 2.07. The summed E-state index contributed by atoms with van der Waals surface area (Å²) in [7, 11) is 1.71. The third-order valence-corrected chi connectivity index (χ3v) is 3.02. The summed E-state index contributed by atoms with van der Waals surface area (Å²) in [4.78, 5) is 0.